The number of rotatable bonds is 4. The van der Waals surface area contributed by atoms with Crippen LogP contribution in [0.1, 0.15) is 27.7 Å². The molecule has 0 saturated heterocycles. The van der Waals surface area contributed by atoms with E-state index in [1.54, 1.807) is 6.08 Å². The van der Waals surface area contributed by atoms with Crippen LogP contribution in [0.5, 0.6) is 0 Å². The summed E-state index contributed by atoms with van der Waals surface area (Å²) in [6.45, 7) is 17.0. The van der Waals surface area contributed by atoms with Crippen molar-refractivity contribution in [3.05, 3.63) is 24.8 Å². The van der Waals surface area contributed by atoms with E-state index in [0.717, 1.165) is 0 Å². The molecular formula is C12H24OSi. The predicted molar refractivity (Wildman–Crippen MR) is 67.1 cm³/mol. The normalized spacial score (nSPS) is 15.9. The first-order valence-corrected chi connectivity index (χ1v) is 8.08. The van der Waals surface area contributed by atoms with Crippen molar-refractivity contribution in [3.63, 3.8) is 0 Å². The molecule has 1 atom stereocenters. The maximum absolute atomic E-state index is 6.11. The fourth-order valence-corrected chi connectivity index (χ4v) is 2.28. The van der Waals surface area contributed by atoms with Crippen LogP contribution in [0.25, 0.3) is 0 Å². The molecule has 0 saturated carbocycles. The van der Waals surface area contributed by atoms with Crippen LogP contribution in [0.15, 0.2) is 24.8 Å². The van der Waals surface area contributed by atoms with Gasteiger partial charge < -0.3 is 4.43 Å². The van der Waals surface area contributed by atoms with E-state index in [2.05, 4.69) is 47.4 Å². The summed E-state index contributed by atoms with van der Waals surface area (Å²) in [5, 5.41) is 0.281. The van der Waals surface area contributed by atoms with Crippen molar-refractivity contribution >= 4 is 8.32 Å². The molecule has 0 radical (unpaired) electrons. The standard InChI is InChI=1S/C12H24OSi/c1-8-9-10-11(2)13-14(6,7)12(3,4)5/h8-11H,1H2,2-7H3/b10-9+/t11-/m0/s1. The highest BCUT2D eigenvalue weighted by Gasteiger charge is 2.37. The van der Waals surface area contributed by atoms with Gasteiger partial charge in [-0.15, -0.1) is 0 Å². The number of allylic oxidation sites excluding steroid dienone is 2. The van der Waals surface area contributed by atoms with Crippen LogP contribution in [0.3, 0.4) is 0 Å². The average molecular weight is 212 g/mol. The lowest BCUT2D eigenvalue weighted by Gasteiger charge is -2.37. The number of hydrogen-bond acceptors (Lipinski definition) is 1. The van der Waals surface area contributed by atoms with Crippen molar-refractivity contribution in [2.24, 2.45) is 0 Å². The van der Waals surface area contributed by atoms with E-state index in [1.807, 2.05) is 12.2 Å². The molecule has 0 aromatic carbocycles. The van der Waals surface area contributed by atoms with Gasteiger partial charge in [-0.05, 0) is 25.1 Å². The Labute approximate surface area is 90.0 Å². The third kappa shape index (κ3) is 4.25. The molecule has 2 heteroatoms. The summed E-state index contributed by atoms with van der Waals surface area (Å²) in [7, 11) is -1.60. The van der Waals surface area contributed by atoms with Gasteiger partial charge in [-0.3, -0.25) is 0 Å². The van der Waals surface area contributed by atoms with Crippen molar-refractivity contribution in [1.82, 2.24) is 0 Å². The smallest absolute Gasteiger partial charge is 0.192 e. The summed E-state index contributed by atoms with van der Waals surface area (Å²) in [6, 6.07) is 0. The quantitative estimate of drug-likeness (QED) is 0.503. The summed E-state index contributed by atoms with van der Waals surface area (Å²) in [5.74, 6) is 0. The SMILES string of the molecule is C=C/C=C/[C@H](C)O[Si](C)(C)C(C)(C)C. The van der Waals surface area contributed by atoms with Gasteiger partial charge in [-0.1, -0.05) is 45.6 Å². The molecule has 82 valence electrons. The largest absolute Gasteiger partial charge is 0.411 e. The Bertz CT molecular complexity index is 211. The van der Waals surface area contributed by atoms with E-state index in [0.29, 0.717) is 0 Å². The fraction of sp³-hybridized carbons (Fsp3) is 0.667. The van der Waals surface area contributed by atoms with Gasteiger partial charge in [0.25, 0.3) is 0 Å². The molecule has 0 fully saturated rings. The van der Waals surface area contributed by atoms with Crippen LogP contribution in [0.4, 0.5) is 0 Å². The lowest BCUT2D eigenvalue weighted by atomic mass is 10.2. The van der Waals surface area contributed by atoms with Crippen LogP contribution in [-0.4, -0.2) is 14.4 Å². The maximum Gasteiger partial charge on any atom is 0.192 e. The Morgan fingerprint density at radius 1 is 1.29 bits per heavy atom. The maximum atomic E-state index is 6.11. The molecular weight excluding hydrogens is 188 g/mol. The second-order valence-electron chi connectivity index (χ2n) is 5.20. The predicted octanol–water partition coefficient (Wildman–Crippen LogP) is 4.14. The van der Waals surface area contributed by atoms with E-state index in [4.69, 9.17) is 4.43 Å². The molecule has 0 amide bonds. The van der Waals surface area contributed by atoms with Gasteiger partial charge in [-0.25, -0.2) is 0 Å². The van der Waals surface area contributed by atoms with Crippen molar-refractivity contribution < 1.29 is 4.43 Å². The molecule has 0 aliphatic rings. The highest BCUT2D eigenvalue weighted by molar-refractivity contribution is 6.74. The molecule has 0 aromatic rings. The monoisotopic (exact) mass is 212 g/mol. The zero-order valence-corrected chi connectivity index (χ0v) is 11.4. The van der Waals surface area contributed by atoms with Crippen LogP contribution >= 0.6 is 0 Å². The second kappa shape index (κ2) is 4.94. The summed E-state index contributed by atoms with van der Waals surface area (Å²) in [6.07, 6.45) is 5.96. The highest BCUT2D eigenvalue weighted by Crippen LogP contribution is 2.37. The van der Waals surface area contributed by atoms with Crippen LogP contribution in [-0.2, 0) is 4.43 Å². The van der Waals surface area contributed by atoms with Gasteiger partial charge in [0.2, 0.25) is 0 Å². The van der Waals surface area contributed by atoms with Gasteiger partial charge in [0.05, 0.1) is 6.10 Å². The lowest BCUT2D eigenvalue weighted by molar-refractivity contribution is 0.243. The van der Waals surface area contributed by atoms with Crippen LogP contribution in [0.2, 0.25) is 18.1 Å². The van der Waals surface area contributed by atoms with E-state index >= 15 is 0 Å². The topological polar surface area (TPSA) is 9.23 Å². The van der Waals surface area contributed by atoms with Crippen LogP contribution in [0, 0.1) is 0 Å². The minimum atomic E-state index is -1.60. The zero-order valence-electron chi connectivity index (χ0n) is 10.4. The zero-order chi connectivity index (χ0) is 11.4. The van der Waals surface area contributed by atoms with Crippen molar-refractivity contribution in [1.29, 1.82) is 0 Å². The molecule has 0 aromatic heterocycles. The third-order valence-electron chi connectivity index (χ3n) is 2.80. The molecule has 0 aliphatic heterocycles. The van der Waals surface area contributed by atoms with E-state index in [1.165, 1.54) is 0 Å². The molecule has 0 heterocycles. The first-order chi connectivity index (χ1) is 6.20. The van der Waals surface area contributed by atoms with Crippen molar-refractivity contribution in [3.8, 4) is 0 Å². The lowest BCUT2D eigenvalue weighted by Crippen LogP contribution is -2.42. The van der Waals surface area contributed by atoms with Gasteiger partial charge >= 0.3 is 0 Å². The summed E-state index contributed by atoms with van der Waals surface area (Å²) in [5.41, 5.74) is 0. The van der Waals surface area contributed by atoms with Crippen LogP contribution < -0.4 is 0 Å². The molecule has 0 spiro atoms. The Hall–Kier alpha value is -0.343. The average Bonchev–Trinajstić information content (AvgIpc) is 1.97. The Morgan fingerprint density at radius 2 is 1.79 bits per heavy atom. The molecule has 14 heavy (non-hydrogen) atoms. The van der Waals surface area contributed by atoms with Gasteiger partial charge in [0.15, 0.2) is 8.32 Å². The molecule has 0 rings (SSSR count). The summed E-state index contributed by atoms with van der Waals surface area (Å²) in [4.78, 5) is 0. The molecule has 1 nitrogen and oxygen atoms in total. The molecule has 0 N–H and O–H groups in total. The summed E-state index contributed by atoms with van der Waals surface area (Å²) >= 11 is 0. The summed E-state index contributed by atoms with van der Waals surface area (Å²) < 4.78 is 6.11. The first-order valence-electron chi connectivity index (χ1n) is 5.18. The minimum absolute atomic E-state index is 0.189. The molecule has 0 aliphatic carbocycles. The van der Waals surface area contributed by atoms with E-state index < -0.39 is 8.32 Å². The van der Waals surface area contributed by atoms with Crippen molar-refractivity contribution in [2.75, 3.05) is 0 Å². The van der Waals surface area contributed by atoms with Gasteiger partial charge in [0, 0.05) is 0 Å². The second-order valence-corrected chi connectivity index (χ2v) is 9.96. The third-order valence-corrected chi connectivity index (χ3v) is 7.38. The van der Waals surface area contributed by atoms with Gasteiger partial charge in [-0.2, -0.15) is 0 Å². The fourth-order valence-electron chi connectivity index (χ4n) is 0.916. The Morgan fingerprint density at radius 3 is 2.14 bits per heavy atom. The highest BCUT2D eigenvalue weighted by atomic mass is 28.4. The Kier molecular flexibility index (Phi) is 4.82. The van der Waals surface area contributed by atoms with E-state index in [9.17, 15) is 0 Å². The van der Waals surface area contributed by atoms with Crippen molar-refractivity contribution in [2.45, 2.75) is 51.9 Å². The Balaban J connectivity index is 4.36. The minimum Gasteiger partial charge on any atom is -0.411 e. The number of hydrogen-bond donors (Lipinski definition) is 0. The van der Waals surface area contributed by atoms with Gasteiger partial charge in [0.1, 0.15) is 0 Å². The first kappa shape index (κ1) is 13.7. The van der Waals surface area contributed by atoms with E-state index in [-0.39, 0.29) is 11.1 Å². The molecule has 0 bridgehead atoms. The molecule has 0 unspecified atom stereocenters.